The van der Waals surface area contributed by atoms with E-state index in [4.69, 9.17) is 9.47 Å². The van der Waals surface area contributed by atoms with Crippen molar-refractivity contribution in [1.82, 2.24) is 4.31 Å². The molecule has 8 heteroatoms. The largest absolute Gasteiger partial charge is 0.454 e. The molecule has 142 valence electrons. The number of aryl methyl sites for hydroxylation is 1. The summed E-state index contributed by atoms with van der Waals surface area (Å²) in [4.78, 5) is 12.1. The number of fused-ring (bicyclic) bond motifs is 1. The van der Waals surface area contributed by atoms with Gasteiger partial charge in [0.05, 0.1) is 18.6 Å². The minimum Gasteiger partial charge on any atom is -0.454 e. The van der Waals surface area contributed by atoms with Crippen LogP contribution < -0.4 is 9.47 Å². The third kappa shape index (κ3) is 4.06. The lowest BCUT2D eigenvalue weighted by atomic mass is 10.2. The van der Waals surface area contributed by atoms with Gasteiger partial charge in [-0.2, -0.15) is 4.31 Å². The van der Waals surface area contributed by atoms with Gasteiger partial charge in [0.15, 0.2) is 11.5 Å². The number of nitrogens with zero attached hydrogens (tertiary/aromatic N) is 1. The molecule has 0 spiro atoms. The van der Waals surface area contributed by atoms with E-state index in [0.29, 0.717) is 15.8 Å². The Balaban J connectivity index is 1.81. The highest BCUT2D eigenvalue weighted by Crippen LogP contribution is 2.32. The van der Waals surface area contributed by atoms with E-state index in [0.717, 1.165) is 18.2 Å². The first-order valence-electron chi connectivity index (χ1n) is 8.15. The second-order valence-corrected chi connectivity index (χ2v) is 7.70. The third-order valence-electron chi connectivity index (χ3n) is 3.97. The smallest absolute Gasteiger partial charge is 0.423 e. The van der Waals surface area contributed by atoms with Crippen molar-refractivity contribution in [2.75, 3.05) is 20.4 Å². The maximum absolute atomic E-state index is 12.8. The molecule has 0 aliphatic carbocycles. The molecule has 0 bridgehead atoms. The van der Waals surface area contributed by atoms with Crippen LogP contribution in [0.4, 0.5) is 4.79 Å². The molecule has 1 aliphatic rings. The summed E-state index contributed by atoms with van der Waals surface area (Å²) in [5.74, 6) is 1.28. The van der Waals surface area contributed by atoms with Gasteiger partial charge in [0.25, 0.3) is 10.0 Å². The Kier molecular flexibility index (Phi) is 5.36. The van der Waals surface area contributed by atoms with Crippen molar-refractivity contribution in [1.29, 1.82) is 0 Å². The van der Waals surface area contributed by atoms with Gasteiger partial charge in [0.2, 0.25) is 6.79 Å². The zero-order chi connectivity index (χ0) is 19.4. The van der Waals surface area contributed by atoms with Gasteiger partial charge >= 0.3 is 6.09 Å². The molecule has 3 rings (SSSR count). The van der Waals surface area contributed by atoms with Gasteiger partial charge in [-0.3, -0.25) is 0 Å². The Bertz CT molecular complexity index is 966. The Labute approximate surface area is 157 Å². The summed E-state index contributed by atoms with van der Waals surface area (Å²) in [6.07, 6.45) is 2.31. The summed E-state index contributed by atoms with van der Waals surface area (Å²) >= 11 is 0. The van der Waals surface area contributed by atoms with E-state index in [9.17, 15) is 13.2 Å². The number of ether oxygens (including phenoxy) is 3. The van der Waals surface area contributed by atoms with Crippen LogP contribution in [0.3, 0.4) is 0 Å². The Morgan fingerprint density at radius 3 is 2.56 bits per heavy atom. The topological polar surface area (TPSA) is 82.1 Å². The summed E-state index contributed by atoms with van der Waals surface area (Å²) in [7, 11) is -2.89. The molecule has 1 amide bonds. The molecule has 2 aromatic carbocycles. The van der Waals surface area contributed by atoms with Crippen LogP contribution in [0.25, 0.3) is 6.08 Å². The minimum atomic E-state index is -4.03. The van der Waals surface area contributed by atoms with Gasteiger partial charge in [-0.15, -0.1) is 0 Å². The number of sulfonamides is 1. The molecule has 7 nitrogen and oxygen atoms in total. The van der Waals surface area contributed by atoms with Crippen molar-refractivity contribution in [3.8, 4) is 11.5 Å². The van der Waals surface area contributed by atoms with Gasteiger partial charge in [-0.1, -0.05) is 35.9 Å². The SMILES string of the molecule is COC(=O)N(C/C=C/c1ccc2c(c1)OCO2)S(=O)(=O)c1ccc(C)cc1. The molecule has 1 aliphatic heterocycles. The van der Waals surface area contributed by atoms with E-state index in [1.807, 2.05) is 6.92 Å². The van der Waals surface area contributed by atoms with Crippen molar-refractivity contribution in [3.05, 3.63) is 59.7 Å². The van der Waals surface area contributed by atoms with Gasteiger partial charge < -0.3 is 14.2 Å². The molecule has 2 aromatic rings. The van der Waals surface area contributed by atoms with Crippen molar-refractivity contribution >= 4 is 22.2 Å². The standard InChI is InChI=1S/C19H19NO6S/c1-14-5-8-16(9-6-14)27(22,23)20(19(21)24-2)11-3-4-15-7-10-17-18(12-15)26-13-25-17/h3-10,12H,11,13H2,1-2H3/b4-3+. The maximum Gasteiger partial charge on any atom is 0.423 e. The second-order valence-electron chi connectivity index (χ2n) is 5.83. The monoisotopic (exact) mass is 389 g/mol. The first kappa shape index (κ1) is 18.8. The molecule has 0 fully saturated rings. The van der Waals surface area contributed by atoms with Crippen LogP contribution >= 0.6 is 0 Å². The zero-order valence-electron chi connectivity index (χ0n) is 14.9. The normalized spacial score (nSPS) is 13.0. The molecule has 0 saturated heterocycles. The average Bonchev–Trinajstić information content (AvgIpc) is 3.12. The first-order valence-corrected chi connectivity index (χ1v) is 9.59. The summed E-state index contributed by atoms with van der Waals surface area (Å²) in [6.45, 7) is 1.85. The highest BCUT2D eigenvalue weighted by atomic mass is 32.2. The number of methoxy groups -OCH3 is 1. The van der Waals surface area contributed by atoms with Crippen LogP contribution in [0, 0.1) is 6.92 Å². The lowest BCUT2D eigenvalue weighted by Crippen LogP contribution is -2.37. The van der Waals surface area contributed by atoms with Crippen molar-refractivity contribution < 1.29 is 27.4 Å². The summed E-state index contributed by atoms with van der Waals surface area (Å²) in [5.41, 5.74) is 1.71. The number of hydrogen-bond donors (Lipinski definition) is 0. The minimum absolute atomic E-state index is 0.0231. The van der Waals surface area contributed by atoms with Crippen molar-refractivity contribution in [2.45, 2.75) is 11.8 Å². The first-order chi connectivity index (χ1) is 12.9. The molecule has 0 unspecified atom stereocenters. The third-order valence-corrected chi connectivity index (χ3v) is 5.71. The van der Waals surface area contributed by atoms with Crippen LogP contribution in [0.15, 0.2) is 53.4 Å². The molecule has 0 aromatic heterocycles. The fourth-order valence-electron chi connectivity index (χ4n) is 2.51. The van der Waals surface area contributed by atoms with Crippen LogP contribution in [0.5, 0.6) is 11.5 Å². The van der Waals surface area contributed by atoms with Gasteiger partial charge in [-0.05, 0) is 36.8 Å². The number of amides is 1. The quantitative estimate of drug-likeness (QED) is 0.781. The van der Waals surface area contributed by atoms with E-state index in [1.165, 1.54) is 12.1 Å². The molecule has 0 radical (unpaired) electrons. The van der Waals surface area contributed by atoms with E-state index >= 15 is 0 Å². The van der Waals surface area contributed by atoms with Gasteiger partial charge in [0, 0.05) is 0 Å². The number of benzene rings is 2. The number of carbonyl (C=O) groups is 1. The lowest BCUT2D eigenvalue weighted by Gasteiger charge is -2.19. The average molecular weight is 389 g/mol. The lowest BCUT2D eigenvalue weighted by molar-refractivity contribution is 0.151. The van der Waals surface area contributed by atoms with Gasteiger partial charge in [0.1, 0.15) is 0 Å². The molecule has 0 saturated carbocycles. The Morgan fingerprint density at radius 2 is 1.85 bits per heavy atom. The molecule has 27 heavy (non-hydrogen) atoms. The predicted molar refractivity (Wildman–Crippen MR) is 99.1 cm³/mol. The Hall–Kier alpha value is -3.00. The zero-order valence-corrected chi connectivity index (χ0v) is 15.7. The van der Waals surface area contributed by atoms with Crippen LogP contribution in [0.2, 0.25) is 0 Å². The van der Waals surface area contributed by atoms with Crippen LogP contribution in [-0.4, -0.2) is 39.3 Å². The molecular weight excluding hydrogens is 370 g/mol. The molecular formula is C19H19NO6S. The number of rotatable bonds is 5. The highest BCUT2D eigenvalue weighted by Gasteiger charge is 2.29. The molecule has 0 N–H and O–H groups in total. The summed E-state index contributed by atoms with van der Waals surface area (Å²) in [5, 5.41) is 0. The Morgan fingerprint density at radius 1 is 1.15 bits per heavy atom. The van der Waals surface area contributed by atoms with Gasteiger partial charge in [-0.25, -0.2) is 13.2 Å². The molecule has 1 heterocycles. The summed E-state index contributed by atoms with van der Waals surface area (Å²) < 4.78 is 41.5. The number of carbonyl (C=O) groups excluding carboxylic acids is 1. The second kappa shape index (κ2) is 7.71. The fourth-order valence-corrected chi connectivity index (χ4v) is 3.80. The van der Waals surface area contributed by atoms with E-state index < -0.39 is 16.1 Å². The highest BCUT2D eigenvalue weighted by molar-refractivity contribution is 7.89. The van der Waals surface area contributed by atoms with Crippen molar-refractivity contribution in [2.24, 2.45) is 0 Å². The maximum atomic E-state index is 12.8. The molecule has 0 atom stereocenters. The van der Waals surface area contributed by atoms with E-state index in [-0.39, 0.29) is 18.2 Å². The fraction of sp³-hybridized carbons (Fsp3) is 0.211. The summed E-state index contributed by atoms with van der Waals surface area (Å²) in [6, 6.07) is 11.6. The van der Waals surface area contributed by atoms with Crippen LogP contribution in [0.1, 0.15) is 11.1 Å². The van der Waals surface area contributed by atoms with Crippen molar-refractivity contribution in [3.63, 3.8) is 0 Å². The van der Waals surface area contributed by atoms with Crippen LogP contribution in [-0.2, 0) is 14.8 Å². The van der Waals surface area contributed by atoms with E-state index in [1.54, 1.807) is 42.5 Å². The van der Waals surface area contributed by atoms with E-state index in [2.05, 4.69) is 4.74 Å². The predicted octanol–water partition coefficient (Wildman–Crippen LogP) is 3.19. The number of hydrogen-bond acceptors (Lipinski definition) is 6.